The van der Waals surface area contributed by atoms with E-state index in [0.29, 0.717) is 41.7 Å². The number of ether oxygens (including phenoxy) is 2. The standard InChI is InChI=1S/C24H29FN6O2/c1-32-23-12-20(21(25)13-27-23)17-4-2-15(3-5-17)14-33-24-10-18(8-9-26-24)19(16-6-7-16)11-22-28-30-31-29-22/h8-10,12-13,15-17,19H,2-7,11,14H2,1H3,(H,28,29,30,31)/t15-,17-,19?. The Balaban J connectivity index is 1.16. The topological polar surface area (TPSA) is 98.7 Å². The van der Waals surface area contributed by atoms with Crippen LogP contribution in [0.4, 0.5) is 4.39 Å². The number of rotatable bonds is 9. The van der Waals surface area contributed by atoms with Gasteiger partial charge in [-0.2, -0.15) is 0 Å². The van der Waals surface area contributed by atoms with E-state index >= 15 is 0 Å². The molecule has 0 bridgehead atoms. The lowest BCUT2D eigenvalue weighted by molar-refractivity contribution is 0.193. The SMILES string of the molecule is COc1cc([C@H]2CC[C@H](COc3cc(C(Cc4nnn[nH]4)C4CC4)ccn3)CC2)c(F)cn1. The summed E-state index contributed by atoms with van der Waals surface area (Å²) in [7, 11) is 1.56. The van der Waals surface area contributed by atoms with Crippen molar-refractivity contribution in [2.75, 3.05) is 13.7 Å². The monoisotopic (exact) mass is 452 g/mol. The van der Waals surface area contributed by atoms with Crippen molar-refractivity contribution in [2.45, 2.75) is 56.8 Å². The predicted molar refractivity (Wildman–Crippen MR) is 119 cm³/mol. The maximum atomic E-state index is 14.3. The van der Waals surface area contributed by atoms with E-state index < -0.39 is 0 Å². The van der Waals surface area contributed by atoms with E-state index in [4.69, 9.17) is 9.47 Å². The minimum absolute atomic E-state index is 0.199. The quantitative estimate of drug-likeness (QED) is 0.519. The molecule has 0 aliphatic heterocycles. The summed E-state index contributed by atoms with van der Waals surface area (Å²) < 4.78 is 25.6. The van der Waals surface area contributed by atoms with Gasteiger partial charge in [0.05, 0.1) is 19.9 Å². The van der Waals surface area contributed by atoms with Crippen LogP contribution >= 0.6 is 0 Å². The van der Waals surface area contributed by atoms with Gasteiger partial charge < -0.3 is 9.47 Å². The highest BCUT2D eigenvalue weighted by molar-refractivity contribution is 5.27. The number of tetrazole rings is 1. The van der Waals surface area contributed by atoms with Crippen molar-refractivity contribution < 1.29 is 13.9 Å². The Morgan fingerprint density at radius 2 is 1.94 bits per heavy atom. The number of aromatic nitrogens is 6. The average Bonchev–Trinajstić information content (AvgIpc) is 3.57. The molecule has 2 aliphatic carbocycles. The molecule has 174 valence electrons. The summed E-state index contributed by atoms with van der Waals surface area (Å²) in [6.07, 6.45) is 10.2. The number of H-pyrrole nitrogens is 1. The molecule has 2 saturated carbocycles. The first-order valence-corrected chi connectivity index (χ1v) is 11.7. The fourth-order valence-electron chi connectivity index (χ4n) is 4.97. The largest absolute Gasteiger partial charge is 0.481 e. The summed E-state index contributed by atoms with van der Waals surface area (Å²) in [5.41, 5.74) is 1.94. The number of hydrogen-bond donors (Lipinski definition) is 1. The first-order chi connectivity index (χ1) is 16.2. The smallest absolute Gasteiger partial charge is 0.213 e. The Labute approximate surface area is 192 Å². The molecule has 0 aromatic carbocycles. The normalized spacial score (nSPS) is 21.5. The molecule has 9 heteroatoms. The molecule has 2 fully saturated rings. The molecule has 3 aromatic rings. The van der Waals surface area contributed by atoms with Crippen molar-refractivity contribution in [3.63, 3.8) is 0 Å². The van der Waals surface area contributed by atoms with Crippen molar-refractivity contribution >= 4 is 0 Å². The predicted octanol–water partition coefficient (Wildman–Crippen LogP) is 4.23. The van der Waals surface area contributed by atoms with E-state index in [-0.39, 0.29) is 11.7 Å². The van der Waals surface area contributed by atoms with Gasteiger partial charge in [-0.15, -0.1) is 5.10 Å². The molecule has 5 rings (SSSR count). The second-order valence-electron chi connectivity index (χ2n) is 9.20. The molecule has 2 aliphatic rings. The number of nitrogens with zero attached hydrogens (tertiary/aromatic N) is 5. The van der Waals surface area contributed by atoms with Crippen LogP contribution < -0.4 is 9.47 Å². The Morgan fingerprint density at radius 1 is 1.09 bits per heavy atom. The van der Waals surface area contributed by atoms with Gasteiger partial charge in [0.1, 0.15) is 11.6 Å². The molecule has 0 amide bonds. The summed E-state index contributed by atoms with van der Waals surface area (Å²) in [5, 5.41) is 14.3. The van der Waals surface area contributed by atoms with E-state index in [2.05, 4.69) is 42.7 Å². The Kier molecular flexibility index (Phi) is 6.46. The third kappa shape index (κ3) is 5.29. The molecule has 0 spiro atoms. The van der Waals surface area contributed by atoms with E-state index in [1.165, 1.54) is 24.6 Å². The maximum absolute atomic E-state index is 14.3. The zero-order chi connectivity index (χ0) is 22.6. The van der Waals surface area contributed by atoms with Gasteiger partial charge in [0.15, 0.2) is 0 Å². The van der Waals surface area contributed by atoms with Gasteiger partial charge in [-0.25, -0.2) is 19.5 Å². The zero-order valence-corrected chi connectivity index (χ0v) is 18.8. The lowest BCUT2D eigenvalue weighted by Crippen LogP contribution is -2.20. The summed E-state index contributed by atoms with van der Waals surface area (Å²) in [4.78, 5) is 8.38. The summed E-state index contributed by atoms with van der Waals surface area (Å²) in [5.74, 6) is 3.37. The van der Waals surface area contributed by atoms with Crippen molar-refractivity contribution in [2.24, 2.45) is 11.8 Å². The third-order valence-corrected chi connectivity index (χ3v) is 7.00. The van der Waals surface area contributed by atoms with Gasteiger partial charge in [-0.05, 0) is 89.8 Å². The summed E-state index contributed by atoms with van der Waals surface area (Å²) in [6, 6.07) is 5.87. The second kappa shape index (κ2) is 9.80. The minimum atomic E-state index is -0.247. The number of halogens is 1. The second-order valence-corrected chi connectivity index (χ2v) is 9.20. The molecule has 1 unspecified atom stereocenters. The fraction of sp³-hybridized carbons (Fsp3) is 0.542. The average molecular weight is 453 g/mol. The fourth-order valence-corrected chi connectivity index (χ4v) is 4.97. The molecule has 33 heavy (non-hydrogen) atoms. The van der Waals surface area contributed by atoms with E-state index in [9.17, 15) is 4.39 Å². The number of pyridine rings is 2. The molecular weight excluding hydrogens is 423 g/mol. The highest BCUT2D eigenvalue weighted by Gasteiger charge is 2.33. The van der Waals surface area contributed by atoms with Gasteiger partial charge in [0.2, 0.25) is 11.8 Å². The van der Waals surface area contributed by atoms with Crippen LogP contribution in [0.15, 0.2) is 30.6 Å². The number of methoxy groups -OCH3 is 1. The first kappa shape index (κ1) is 21.7. The molecule has 3 heterocycles. The van der Waals surface area contributed by atoms with Gasteiger partial charge in [-0.3, -0.25) is 0 Å². The van der Waals surface area contributed by atoms with Crippen LogP contribution in [-0.4, -0.2) is 44.3 Å². The summed E-state index contributed by atoms with van der Waals surface area (Å²) >= 11 is 0. The Morgan fingerprint density at radius 3 is 2.67 bits per heavy atom. The molecule has 0 radical (unpaired) electrons. The van der Waals surface area contributed by atoms with E-state index in [0.717, 1.165) is 37.9 Å². The number of hydrogen-bond acceptors (Lipinski definition) is 7. The van der Waals surface area contributed by atoms with Crippen LogP contribution in [0.5, 0.6) is 11.8 Å². The third-order valence-electron chi connectivity index (χ3n) is 7.00. The molecule has 3 aromatic heterocycles. The van der Waals surface area contributed by atoms with Crippen molar-refractivity contribution in [3.05, 3.63) is 53.4 Å². The van der Waals surface area contributed by atoms with Crippen molar-refractivity contribution in [3.8, 4) is 11.8 Å². The van der Waals surface area contributed by atoms with Gasteiger partial charge in [-0.1, -0.05) is 0 Å². The lowest BCUT2D eigenvalue weighted by Gasteiger charge is -2.29. The van der Waals surface area contributed by atoms with Crippen LogP contribution in [0.1, 0.15) is 67.3 Å². The Bertz CT molecular complexity index is 1050. The van der Waals surface area contributed by atoms with Crippen molar-refractivity contribution in [1.29, 1.82) is 0 Å². The minimum Gasteiger partial charge on any atom is -0.481 e. The van der Waals surface area contributed by atoms with Gasteiger partial charge in [0.25, 0.3) is 0 Å². The van der Waals surface area contributed by atoms with Crippen LogP contribution in [0, 0.1) is 17.7 Å². The van der Waals surface area contributed by atoms with Gasteiger partial charge >= 0.3 is 0 Å². The first-order valence-electron chi connectivity index (χ1n) is 11.7. The molecule has 0 saturated heterocycles. The van der Waals surface area contributed by atoms with Gasteiger partial charge in [0, 0.05) is 24.8 Å². The van der Waals surface area contributed by atoms with Crippen LogP contribution in [-0.2, 0) is 6.42 Å². The number of nitrogens with one attached hydrogen (secondary N) is 1. The Hall–Kier alpha value is -3.10. The van der Waals surface area contributed by atoms with E-state index in [1.54, 1.807) is 13.2 Å². The lowest BCUT2D eigenvalue weighted by atomic mass is 9.79. The summed E-state index contributed by atoms with van der Waals surface area (Å²) in [6.45, 7) is 0.630. The van der Waals surface area contributed by atoms with Crippen LogP contribution in [0.25, 0.3) is 0 Å². The van der Waals surface area contributed by atoms with Crippen LogP contribution in [0.3, 0.4) is 0 Å². The molecule has 8 nitrogen and oxygen atoms in total. The number of aromatic amines is 1. The molecular formula is C24H29FN6O2. The molecule has 1 atom stereocenters. The van der Waals surface area contributed by atoms with Crippen molar-refractivity contribution in [1.82, 2.24) is 30.6 Å². The maximum Gasteiger partial charge on any atom is 0.213 e. The highest BCUT2D eigenvalue weighted by atomic mass is 19.1. The highest BCUT2D eigenvalue weighted by Crippen LogP contribution is 2.44. The van der Waals surface area contributed by atoms with Crippen LogP contribution in [0.2, 0.25) is 0 Å². The molecule has 1 N–H and O–H groups in total. The van der Waals surface area contributed by atoms with E-state index in [1.807, 2.05) is 6.20 Å². The zero-order valence-electron chi connectivity index (χ0n) is 18.8.